The lowest BCUT2D eigenvalue weighted by Crippen LogP contribution is -2.09. The molecule has 1 unspecified atom stereocenters. The molecule has 0 bridgehead atoms. The molecule has 0 aliphatic carbocycles. The molecule has 2 heterocycles. The lowest BCUT2D eigenvalue weighted by Gasteiger charge is -2.09. The summed E-state index contributed by atoms with van der Waals surface area (Å²) in [7, 11) is 0. The third kappa shape index (κ3) is 2.14. The normalized spacial score (nSPS) is 12.8. The zero-order valence-electron chi connectivity index (χ0n) is 9.34. The van der Waals surface area contributed by atoms with Crippen molar-refractivity contribution in [3.05, 3.63) is 48.8 Å². The van der Waals surface area contributed by atoms with E-state index in [2.05, 4.69) is 17.7 Å². The van der Waals surface area contributed by atoms with Crippen molar-refractivity contribution in [2.45, 2.75) is 25.3 Å². The monoisotopic (exact) mass is 215 g/mol. The molecule has 0 aliphatic heterocycles. The van der Waals surface area contributed by atoms with Gasteiger partial charge in [-0.2, -0.15) is 5.10 Å². The van der Waals surface area contributed by atoms with Crippen molar-refractivity contribution in [1.82, 2.24) is 9.61 Å². The van der Waals surface area contributed by atoms with E-state index in [1.807, 2.05) is 35.1 Å². The van der Waals surface area contributed by atoms with Crippen LogP contribution in [0.5, 0.6) is 0 Å². The van der Waals surface area contributed by atoms with Gasteiger partial charge in [0.2, 0.25) is 0 Å². The Bertz CT molecular complexity index is 473. The number of allylic oxidation sites excluding steroid dienone is 1. The summed E-state index contributed by atoms with van der Waals surface area (Å²) in [5, 5.41) is 4.28. The molecule has 2 aromatic heterocycles. The molecule has 3 heteroatoms. The molecule has 0 saturated carbocycles. The summed E-state index contributed by atoms with van der Waals surface area (Å²) in [6.45, 7) is 3.71. The van der Waals surface area contributed by atoms with Gasteiger partial charge in [0.05, 0.1) is 11.7 Å². The number of hydrogen-bond donors (Lipinski definition) is 1. The van der Waals surface area contributed by atoms with Crippen molar-refractivity contribution in [3.63, 3.8) is 0 Å². The van der Waals surface area contributed by atoms with Gasteiger partial charge in [-0.1, -0.05) is 12.1 Å². The summed E-state index contributed by atoms with van der Waals surface area (Å²) in [4.78, 5) is 0. The maximum absolute atomic E-state index is 6.16. The molecule has 0 aromatic carbocycles. The molecule has 84 valence electrons. The van der Waals surface area contributed by atoms with Gasteiger partial charge in [0.1, 0.15) is 0 Å². The summed E-state index contributed by atoms with van der Waals surface area (Å²) >= 11 is 0. The van der Waals surface area contributed by atoms with Gasteiger partial charge in [-0.3, -0.25) is 0 Å². The summed E-state index contributed by atoms with van der Waals surface area (Å²) in [5.41, 5.74) is 8.39. The summed E-state index contributed by atoms with van der Waals surface area (Å²) in [5.74, 6) is 0. The quantitative estimate of drug-likeness (QED) is 0.615. The van der Waals surface area contributed by atoms with Crippen LogP contribution < -0.4 is 5.73 Å². The van der Waals surface area contributed by atoms with E-state index in [9.17, 15) is 0 Å². The van der Waals surface area contributed by atoms with Crippen LogP contribution in [0, 0.1) is 0 Å². The molecule has 3 nitrogen and oxygen atoms in total. The zero-order chi connectivity index (χ0) is 11.4. The van der Waals surface area contributed by atoms with E-state index >= 15 is 0 Å². The van der Waals surface area contributed by atoms with Crippen molar-refractivity contribution in [1.29, 1.82) is 0 Å². The van der Waals surface area contributed by atoms with Crippen molar-refractivity contribution in [2.75, 3.05) is 0 Å². The molecule has 0 radical (unpaired) electrons. The topological polar surface area (TPSA) is 43.3 Å². The first kappa shape index (κ1) is 10.9. The fourth-order valence-corrected chi connectivity index (χ4v) is 1.88. The van der Waals surface area contributed by atoms with E-state index in [0.717, 1.165) is 30.3 Å². The number of nitrogens with two attached hydrogens (primary N) is 1. The van der Waals surface area contributed by atoms with Gasteiger partial charge in [0.25, 0.3) is 0 Å². The first-order valence-electron chi connectivity index (χ1n) is 5.61. The van der Waals surface area contributed by atoms with Crippen LogP contribution in [0.4, 0.5) is 0 Å². The minimum absolute atomic E-state index is 0.0693. The number of hydrogen-bond acceptors (Lipinski definition) is 2. The Kier molecular flexibility index (Phi) is 3.37. The zero-order valence-corrected chi connectivity index (χ0v) is 9.34. The van der Waals surface area contributed by atoms with E-state index in [1.165, 1.54) is 0 Å². The highest BCUT2D eigenvalue weighted by atomic mass is 15.2. The summed E-state index contributed by atoms with van der Waals surface area (Å²) in [6.07, 6.45) is 8.82. The average molecular weight is 215 g/mol. The minimum Gasteiger partial charge on any atom is -0.324 e. The second-order valence-corrected chi connectivity index (χ2v) is 3.96. The third-order valence-corrected chi connectivity index (χ3v) is 2.78. The second-order valence-electron chi connectivity index (χ2n) is 3.96. The Morgan fingerprint density at radius 2 is 2.38 bits per heavy atom. The van der Waals surface area contributed by atoms with Gasteiger partial charge in [-0.15, -0.1) is 6.58 Å². The van der Waals surface area contributed by atoms with E-state index in [4.69, 9.17) is 5.73 Å². The number of pyridine rings is 1. The van der Waals surface area contributed by atoms with Crippen molar-refractivity contribution in [2.24, 2.45) is 5.73 Å². The summed E-state index contributed by atoms with van der Waals surface area (Å²) in [6, 6.07) is 6.10. The molecular formula is C13H17N3. The van der Waals surface area contributed by atoms with Crippen LogP contribution >= 0.6 is 0 Å². The Balaban J connectivity index is 2.16. The molecule has 0 saturated heterocycles. The second kappa shape index (κ2) is 4.94. The van der Waals surface area contributed by atoms with Crippen molar-refractivity contribution < 1.29 is 0 Å². The molecule has 16 heavy (non-hydrogen) atoms. The van der Waals surface area contributed by atoms with Crippen LogP contribution in [0.15, 0.2) is 43.2 Å². The number of rotatable bonds is 5. The predicted molar refractivity (Wildman–Crippen MR) is 66.2 cm³/mol. The SMILES string of the molecule is C=CCCCC(N)c1cnn2ccccc12. The van der Waals surface area contributed by atoms with Gasteiger partial charge in [-0.05, 0) is 31.4 Å². The largest absolute Gasteiger partial charge is 0.324 e. The van der Waals surface area contributed by atoms with Crippen LogP contribution in [-0.4, -0.2) is 9.61 Å². The Hall–Kier alpha value is -1.61. The van der Waals surface area contributed by atoms with Crippen LogP contribution in [-0.2, 0) is 0 Å². The van der Waals surface area contributed by atoms with Crippen LogP contribution in [0.3, 0.4) is 0 Å². The van der Waals surface area contributed by atoms with Crippen LogP contribution in [0.25, 0.3) is 5.52 Å². The highest BCUT2D eigenvalue weighted by Crippen LogP contribution is 2.21. The minimum atomic E-state index is 0.0693. The number of unbranched alkanes of at least 4 members (excludes halogenated alkanes) is 1. The number of fused-ring (bicyclic) bond motifs is 1. The third-order valence-electron chi connectivity index (χ3n) is 2.78. The van der Waals surface area contributed by atoms with E-state index in [0.29, 0.717) is 0 Å². The Morgan fingerprint density at radius 3 is 3.19 bits per heavy atom. The van der Waals surface area contributed by atoms with Crippen molar-refractivity contribution >= 4 is 5.52 Å². The average Bonchev–Trinajstić information content (AvgIpc) is 2.73. The molecule has 0 amide bonds. The smallest absolute Gasteiger partial charge is 0.0709 e. The highest BCUT2D eigenvalue weighted by Gasteiger charge is 2.10. The Labute approximate surface area is 95.6 Å². The molecule has 2 N–H and O–H groups in total. The summed E-state index contributed by atoms with van der Waals surface area (Å²) < 4.78 is 1.86. The van der Waals surface area contributed by atoms with Crippen molar-refractivity contribution in [3.8, 4) is 0 Å². The van der Waals surface area contributed by atoms with Crippen LogP contribution in [0.1, 0.15) is 30.9 Å². The van der Waals surface area contributed by atoms with Gasteiger partial charge < -0.3 is 5.73 Å². The number of aromatic nitrogens is 2. The lowest BCUT2D eigenvalue weighted by atomic mass is 10.0. The number of nitrogens with zero attached hydrogens (tertiary/aromatic N) is 2. The first-order chi connectivity index (χ1) is 7.83. The van der Waals surface area contributed by atoms with E-state index < -0.39 is 0 Å². The van der Waals surface area contributed by atoms with Gasteiger partial charge >= 0.3 is 0 Å². The van der Waals surface area contributed by atoms with E-state index in [1.54, 1.807) is 0 Å². The Morgan fingerprint density at radius 1 is 1.50 bits per heavy atom. The molecule has 0 aliphatic rings. The van der Waals surface area contributed by atoms with Gasteiger partial charge in [0.15, 0.2) is 0 Å². The molecule has 2 aromatic rings. The fraction of sp³-hybridized carbons (Fsp3) is 0.308. The predicted octanol–water partition coefficient (Wildman–Crippen LogP) is 2.69. The fourth-order valence-electron chi connectivity index (χ4n) is 1.88. The van der Waals surface area contributed by atoms with Gasteiger partial charge in [0, 0.05) is 17.8 Å². The standard InChI is InChI=1S/C13H17N3/c1-2-3-4-7-12(14)11-10-15-16-9-6-5-8-13(11)16/h2,5-6,8-10,12H,1,3-4,7,14H2. The molecular weight excluding hydrogens is 198 g/mol. The van der Waals surface area contributed by atoms with E-state index in [-0.39, 0.29) is 6.04 Å². The molecule has 1 atom stereocenters. The maximum Gasteiger partial charge on any atom is 0.0709 e. The molecule has 0 fully saturated rings. The maximum atomic E-state index is 6.16. The molecule has 2 rings (SSSR count). The highest BCUT2D eigenvalue weighted by molar-refractivity contribution is 5.54. The molecule has 0 spiro atoms. The van der Waals surface area contributed by atoms with Crippen LogP contribution in [0.2, 0.25) is 0 Å². The first-order valence-corrected chi connectivity index (χ1v) is 5.61. The lowest BCUT2D eigenvalue weighted by molar-refractivity contribution is 0.621. The van der Waals surface area contributed by atoms with Gasteiger partial charge in [-0.25, -0.2) is 4.52 Å².